The quantitative estimate of drug-likeness (QED) is 0.618. The van der Waals surface area contributed by atoms with Crippen molar-refractivity contribution in [2.24, 2.45) is 0 Å². The van der Waals surface area contributed by atoms with Gasteiger partial charge >= 0.3 is 12.1 Å². The van der Waals surface area contributed by atoms with Crippen LogP contribution < -0.4 is 0 Å². The summed E-state index contributed by atoms with van der Waals surface area (Å²) in [5, 5.41) is -0.0784. The molecule has 0 aliphatic carbocycles. The second kappa shape index (κ2) is 5.91. The average Bonchev–Trinajstić information content (AvgIpc) is 2.26. The number of halogens is 4. The Labute approximate surface area is 107 Å². The van der Waals surface area contributed by atoms with Crippen molar-refractivity contribution in [1.29, 1.82) is 0 Å². The summed E-state index contributed by atoms with van der Waals surface area (Å²) in [5.41, 5.74) is -0.515. The Bertz CT molecular complexity index is 467. The first kappa shape index (κ1) is 14.6. The number of carbonyl (C=O) groups is 1. The zero-order valence-electron chi connectivity index (χ0n) is 9.42. The minimum atomic E-state index is -4.44. The molecule has 2 nitrogen and oxygen atoms in total. The normalized spacial score (nSPS) is 11.8. The van der Waals surface area contributed by atoms with Gasteiger partial charge in [0.2, 0.25) is 0 Å². The van der Waals surface area contributed by atoms with E-state index in [9.17, 15) is 18.0 Å². The molecule has 0 heterocycles. The van der Waals surface area contributed by atoms with Crippen LogP contribution in [0.15, 0.2) is 24.3 Å². The predicted octanol–water partition coefficient (Wildman–Crippen LogP) is 3.94. The third-order valence-electron chi connectivity index (χ3n) is 2.01. The van der Waals surface area contributed by atoms with E-state index in [1.807, 2.05) is 0 Å². The number of carbonyl (C=O) groups excluding carboxylic acids is 1. The Morgan fingerprint density at radius 3 is 2.61 bits per heavy atom. The summed E-state index contributed by atoms with van der Waals surface area (Å²) in [6.45, 7) is 1.88. The van der Waals surface area contributed by atoms with E-state index in [0.29, 0.717) is 5.56 Å². The van der Waals surface area contributed by atoms with Crippen LogP contribution in [0.25, 0.3) is 6.08 Å². The molecule has 98 valence electrons. The standard InChI is InChI=1S/C12H10ClF3O2/c1-2-18-11(17)6-4-8-3-5-9(7-10(8)13)12(14,15)16/h3-7H,2H2,1H3. The van der Waals surface area contributed by atoms with Gasteiger partial charge in [0.05, 0.1) is 12.2 Å². The molecular weight excluding hydrogens is 269 g/mol. The predicted molar refractivity (Wildman–Crippen MR) is 62.1 cm³/mol. The molecule has 0 saturated heterocycles. The molecule has 0 spiro atoms. The smallest absolute Gasteiger partial charge is 0.416 e. The largest absolute Gasteiger partial charge is 0.463 e. The summed E-state index contributed by atoms with van der Waals surface area (Å²) in [4.78, 5) is 11.0. The highest BCUT2D eigenvalue weighted by molar-refractivity contribution is 6.32. The van der Waals surface area contributed by atoms with Crippen LogP contribution in [0.3, 0.4) is 0 Å². The fraction of sp³-hybridized carbons (Fsp3) is 0.250. The van der Waals surface area contributed by atoms with Crippen LogP contribution in [0.2, 0.25) is 5.02 Å². The molecule has 0 aliphatic rings. The van der Waals surface area contributed by atoms with E-state index in [0.717, 1.165) is 18.2 Å². The highest BCUT2D eigenvalue weighted by Gasteiger charge is 2.30. The molecule has 0 radical (unpaired) electrons. The van der Waals surface area contributed by atoms with Gasteiger partial charge in [-0.05, 0) is 30.7 Å². The van der Waals surface area contributed by atoms with Crippen molar-refractivity contribution in [1.82, 2.24) is 0 Å². The maximum Gasteiger partial charge on any atom is 0.416 e. The highest BCUT2D eigenvalue weighted by atomic mass is 35.5. The summed E-state index contributed by atoms with van der Waals surface area (Å²) in [6.07, 6.45) is -2.02. The number of esters is 1. The first-order chi connectivity index (χ1) is 8.34. The second-order valence-corrected chi connectivity index (χ2v) is 3.73. The molecule has 0 aliphatic heterocycles. The van der Waals surface area contributed by atoms with Crippen molar-refractivity contribution in [3.8, 4) is 0 Å². The maximum atomic E-state index is 12.4. The summed E-state index contributed by atoms with van der Waals surface area (Å²) in [5.74, 6) is -0.575. The summed E-state index contributed by atoms with van der Waals surface area (Å²) in [7, 11) is 0. The van der Waals surface area contributed by atoms with E-state index in [1.165, 1.54) is 12.1 Å². The van der Waals surface area contributed by atoms with E-state index >= 15 is 0 Å². The fourth-order valence-electron chi connectivity index (χ4n) is 1.19. The minimum Gasteiger partial charge on any atom is -0.463 e. The molecule has 1 rings (SSSR count). The Morgan fingerprint density at radius 1 is 1.44 bits per heavy atom. The van der Waals surface area contributed by atoms with Crippen LogP contribution in [0, 0.1) is 0 Å². The van der Waals surface area contributed by atoms with Crippen molar-refractivity contribution in [2.75, 3.05) is 6.61 Å². The van der Waals surface area contributed by atoms with Crippen molar-refractivity contribution in [3.05, 3.63) is 40.4 Å². The number of ether oxygens (including phenoxy) is 1. The lowest BCUT2D eigenvalue weighted by molar-refractivity contribution is -0.138. The van der Waals surface area contributed by atoms with Gasteiger partial charge in [0.25, 0.3) is 0 Å². The lowest BCUT2D eigenvalue weighted by Crippen LogP contribution is -2.04. The van der Waals surface area contributed by atoms with Gasteiger partial charge in [-0.2, -0.15) is 13.2 Å². The van der Waals surface area contributed by atoms with E-state index in [1.54, 1.807) is 6.92 Å². The number of rotatable bonds is 3. The lowest BCUT2D eigenvalue weighted by atomic mass is 10.1. The van der Waals surface area contributed by atoms with E-state index in [4.69, 9.17) is 11.6 Å². The van der Waals surface area contributed by atoms with Crippen LogP contribution in [-0.2, 0) is 15.7 Å². The van der Waals surface area contributed by atoms with Crippen molar-refractivity contribution >= 4 is 23.6 Å². The van der Waals surface area contributed by atoms with Gasteiger partial charge < -0.3 is 4.74 Å². The highest BCUT2D eigenvalue weighted by Crippen LogP contribution is 2.32. The van der Waals surface area contributed by atoms with Gasteiger partial charge in [0.1, 0.15) is 0 Å². The molecule has 0 N–H and O–H groups in total. The van der Waals surface area contributed by atoms with E-state index < -0.39 is 17.7 Å². The molecule has 0 fully saturated rings. The van der Waals surface area contributed by atoms with Crippen molar-refractivity contribution in [3.63, 3.8) is 0 Å². The molecule has 0 saturated carbocycles. The SMILES string of the molecule is CCOC(=O)C=Cc1ccc(C(F)(F)F)cc1Cl. The van der Waals surface area contributed by atoms with Crippen molar-refractivity contribution in [2.45, 2.75) is 13.1 Å². The van der Waals surface area contributed by atoms with Gasteiger partial charge in [-0.15, -0.1) is 0 Å². The molecule has 1 aromatic carbocycles. The van der Waals surface area contributed by atoms with Crippen LogP contribution in [-0.4, -0.2) is 12.6 Å². The van der Waals surface area contributed by atoms with Crippen LogP contribution >= 0.6 is 11.6 Å². The van der Waals surface area contributed by atoms with Gasteiger partial charge in [-0.25, -0.2) is 4.79 Å². The monoisotopic (exact) mass is 278 g/mol. The molecule has 0 amide bonds. The van der Waals surface area contributed by atoms with Crippen molar-refractivity contribution < 1.29 is 22.7 Å². The molecular formula is C12H10ClF3O2. The third kappa shape index (κ3) is 4.07. The summed E-state index contributed by atoms with van der Waals surface area (Å²) < 4.78 is 41.7. The Hall–Kier alpha value is -1.49. The van der Waals surface area contributed by atoms with Crippen LogP contribution in [0.5, 0.6) is 0 Å². The molecule has 18 heavy (non-hydrogen) atoms. The first-order valence-electron chi connectivity index (χ1n) is 5.06. The van der Waals surface area contributed by atoms with Gasteiger partial charge in [0, 0.05) is 11.1 Å². The number of hydrogen-bond acceptors (Lipinski definition) is 2. The molecule has 0 aromatic heterocycles. The zero-order valence-corrected chi connectivity index (χ0v) is 10.2. The average molecular weight is 279 g/mol. The Morgan fingerprint density at radius 2 is 2.11 bits per heavy atom. The molecule has 6 heteroatoms. The first-order valence-corrected chi connectivity index (χ1v) is 5.44. The summed E-state index contributed by atoms with van der Waals surface area (Å²) >= 11 is 5.69. The van der Waals surface area contributed by atoms with Gasteiger partial charge in [0.15, 0.2) is 0 Å². The van der Waals surface area contributed by atoms with E-state index in [-0.39, 0.29) is 11.6 Å². The molecule has 0 unspecified atom stereocenters. The molecule has 0 bridgehead atoms. The molecule has 0 atom stereocenters. The lowest BCUT2D eigenvalue weighted by Gasteiger charge is -2.07. The van der Waals surface area contributed by atoms with Crippen LogP contribution in [0.1, 0.15) is 18.1 Å². The number of benzene rings is 1. The van der Waals surface area contributed by atoms with Gasteiger partial charge in [-0.3, -0.25) is 0 Å². The fourth-order valence-corrected chi connectivity index (χ4v) is 1.43. The van der Waals surface area contributed by atoms with E-state index in [2.05, 4.69) is 4.74 Å². The minimum absolute atomic E-state index is 0.0784. The van der Waals surface area contributed by atoms with Crippen LogP contribution in [0.4, 0.5) is 13.2 Å². The van der Waals surface area contributed by atoms with Gasteiger partial charge in [-0.1, -0.05) is 17.7 Å². The Kier molecular flexibility index (Phi) is 4.78. The number of hydrogen-bond donors (Lipinski definition) is 0. The molecule has 1 aromatic rings. The second-order valence-electron chi connectivity index (χ2n) is 3.32. The zero-order chi connectivity index (χ0) is 13.8. The summed E-state index contributed by atoms with van der Waals surface area (Å²) in [6, 6.07) is 2.91. The maximum absolute atomic E-state index is 12.4. The topological polar surface area (TPSA) is 26.3 Å². The number of alkyl halides is 3. The Balaban J connectivity index is 2.90. The third-order valence-corrected chi connectivity index (χ3v) is 2.34.